The first-order valence-electron chi connectivity index (χ1n) is 6.01. The summed E-state index contributed by atoms with van der Waals surface area (Å²) in [5, 5.41) is 11.2. The predicted molar refractivity (Wildman–Crippen MR) is 69.4 cm³/mol. The number of carbonyl (C=O) groups excluding carboxylic acids is 1. The predicted octanol–water partition coefficient (Wildman–Crippen LogP) is 1.81. The summed E-state index contributed by atoms with van der Waals surface area (Å²) in [6.45, 7) is -0.184. The molecule has 21 heavy (non-hydrogen) atoms. The van der Waals surface area contributed by atoms with E-state index >= 15 is 0 Å². The summed E-state index contributed by atoms with van der Waals surface area (Å²) < 4.78 is 22.8. The van der Waals surface area contributed by atoms with Crippen molar-refractivity contribution in [1.29, 1.82) is 0 Å². The Bertz CT molecular complexity index is 635. The molecular formula is C14H12FNO5. The molecule has 2 aromatic rings. The van der Waals surface area contributed by atoms with E-state index in [0.717, 1.165) is 0 Å². The lowest BCUT2D eigenvalue weighted by Gasteiger charge is -2.06. The molecule has 0 saturated heterocycles. The molecule has 6 nitrogen and oxygen atoms in total. The lowest BCUT2D eigenvalue weighted by molar-refractivity contribution is -0.123. The van der Waals surface area contributed by atoms with Crippen molar-refractivity contribution in [3.05, 3.63) is 53.7 Å². The van der Waals surface area contributed by atoms with Crippen LogP contribution in [0.3, 0.4) is 0 Å². The van der Waals surface area contributed by atoms with Gasteiger partial charge in [-0.3, -0.25) is 4.79 Å². The Hall–Kier alpha value is -2.83. The van der Waals surface area contributed by atoms with E-state index in [1.165, 1.54) is 36.4 Å². The number of nitrogens with one attached hydrogen (secondary N) is 1. The van der Waals surface area contributed by atoms with Gasteiger partial charge in [-0.15, -0.1) is 0 Å². The van der Waals surface area contributed by atoms with Gasteiger partial charge in [0.2, 0.25) is 5.76 Å². The molecule has 1 aromatic carbocycles. The molecule has 110 valence electrons. The molecule has 0 aliphatic carbocycles. The monoisotopic (exact) mass is 293 g/mol. The zero-order chi connectivity index (χ0) is 15.2. The molecule has 2 rings (SSSR count). The maximum Gasteiger partial charge on any atom is 0.371 e. The van der Waals surface area contributed by atoms with Crippen molar-refractivity contribution in [3.8, 4) is 5.75 Å². The third-order valence-corrected chi connectivity index (χ3v) is 2.52. The van der Waals surface area contributed by atoms with Crippen LogP contribution in [0.25, 0.3) is 0 Å². The number of hydrogen-bond acceptors (Lipinski definition) is 4. The largest absolute Gasteiger partial charge is 0.484 e. The second-order valence-electron chi connectivity index (χ2n) is 4.09. The molecule has 1 aromatic heterocycles. The van der Waals surface area contributed by atoms with Crippen LogP contribution in [-0.2, 0) is 11.3 Å². The maximum absolute atomic E-state index is 12.7. The van der Waals surface area contributed by atoms with E-state index in [2.05, 4.69) is 5.32 Å². The highest BCUT2D eigenvalue weighted by Crippen LogP contribution is 2.11. The van der Waals surface area contributed by atoms with Crippen molar-refractivity contribution in [2.75, 3.05) is 6.61 Å². The van der Waals surface area contributed by atoms with Crippen LogP contribution in [0, 0.1) is 5.82 Å². The minimum Gasteiger partial charge on any atom is -0.484 e. The number of furan rings is 1. The van der Waals surface area contributed by atoms with E-state index in [0.29, 0.717) is 11.5 Å². The van der Waals surface area contributed by atoms with E-state index < -0.39 is 11.9 Å². The summed E-state index contributed by atoms with van der Waals surface area (Å²) in [7, 11) is 0. The third-order valence-electron chi connectivity index (χ3n) is 2.52. The number of ether oxygens (including phenoxy) is 1. The van der Waals surface area contributed by atoms with Crippen LogP contribution in [0.2, 0.25) is 0 Å². The van der Waals surface area contributed by atoms with Gasteiger partial charge in [0.25, 0.3) is 5.91 Å². The van der Waals surface area contributed by atoms with Crippen LogP contribution in [0.4, 0.5) is 4.39 Å². The fraction of sp³-hybridized carbons (Fsp3) is 0.143. The number of hydrogen-bond donors (Lipinski definition) is 2. The van der Waals surface area contributed by atoms with E-state index in [9.17, 15) is 14.0 Å². The van der Waals surface area contributed by atoms with Gasteiger partial charge in [-0.1, -0.05) is 0 Å². The Morgan fingerprint density at radius 1 is 1.19 bits per heavy atom. The highest BCUT2D eigenvalue weighted by Gasteiger charge is 2.10. The summed E-state index contributed by atoms with van der Waals surface area (Å²) in [5.41, 5.74) is 0. The average molecular weight is 293 g/mol. The molecule has 0 saturated carbocycles. The molecule has 0 radical (unpaired) electrons. The molecule has 7 heteroatoms. The minimum atomic E-state index is -1.17. The molecule has 0 atom stereocenters. The van der Waals surface area contributed by atoms with Gasteiger partial charge in [0.1, 0.15) is 17.3 Å². The molecular weight excluding hydrogens is 281 g/mol. The van der Waals surface area contributed by atoms with Gasteiger partial charge in [-0.25, -0.2) is 9.18 Å². The van der Waals surface area contributed by atoms with Gasteiger partial charge in [0, 0.05) is 0 Å². The Morgan fingerprint density at radius 2 is 1.90 bits per heavy atom. The average Bonchev–Trinajstić information content (AvgIpc) is 2.93. The summed E-state index contributed by atoms with van der Waals surface area (Å²) in [5.74, 6) is -1.47. The van der Waals surface area contributed by atoms with Crippen LogP contribution in [0.15, 0.2) is 40.8 Å². The molecule has 0 bridgehead atoms. The molecule has 1 heterocycles. The molecule has 0 aliphatic rings. The highest BCUT2D eigenvalue weighted by molar-refractivity contribution is 5.84. The summed E-state index contributed by atoms with van der Waals surface area (Å²) >= 11 is 0. The van der Waals surface area contributed by atoms with Gasteiger partial charge in [0.15, 0.2) is 6.61 Å². The molecule has 1 amide bonds. The number of rotatable bonds is 6. The van der Waals surface area contributed by atoms with Crippen LogP contribution < -0.4 is 10.1 Å². The lowest BCUT2D eigenvalue weighted by atomic mass is 10.3. The Balaban J connectivity index is 1.76. The fourth-order valence-electron chi connectivity index (χ4n) is 1.50. The second kappa shape index (κ2) is 6.56. The zero-order valence-electron chi connectivity index (χ0n) is 10.8. The zero-order valence-corrected chi connectivity index (χ0v) is 10.8. The normalized spacial score (nSPS) is 10.1. The first-order valence-corrected chi connectivity index (χ1v) is 6.01. The number of amides is 1. The van der Waals surface area contributed by atoms with E-state index in [4.69, 9.17) is 14.3 Å². The van der Waals surface area contributed by atoms with Gasteiger partial charge in [-0.2, -0.15) is 0 Å². The summed E-state index contributed by atoms with van der Waals surface area (Å²) in [4.78, 5) is 22.1. The highest BCUT2D eigenvalue weighted by atomic mass is 19.1. The smallest absolute Gasteiger partial charge is 0.371 e. The van der Waals surface area contributed by atoms with Crippen LogP contribution >= 0.6 is 0 Å². The van der Waals surface area contributed by atoms with Crippen LogP contribution in [-0.4, -0.2) is 23.6 Å². The number of carboxylic acid groups (broad SMARTS) is 1. The second-order valence-corrected chi connectivity index (χ2v) is 4.09. The summed E-state index contributed by atoms with van der Waals surface area (Å²) in [6.07, 6.45) is 0. The summed E-state index contributed by atoms with van der Waals surface area (Å²) in [6, 6.07) is 8.04. The number of carbonyl (C=O) groups is 2. The van der Waals surface area contributed by atoms with Crippen LogP contribution in [0.1, 0.15) is 16.3 Å². The SMILES string of the molecule is O=C(COc1ccc(F)cc1)NCc1ccc(C(=O)O)o1. The van der Waals surface area contributed by atoms with Crippen LogP contribution in [0.5, 0.6) is 5.75 Å². The standard InChI is InChI=1S/C14H12FNO5/c15-9-1-3-10(4-2-9)20-8-13(17)16-7-11-5-6-12(21-11)14(18)19/h1-6H,7-8H2,(H,16,17)(H,18,19). The van der Waals surface area contributed by atoms with Crippen molar-refractivity contribution >= 4 is 11.9 Å². The number of aromatic carboxylic acids is 1. The van der Waals surface area contributed by atoms with Crippen molar-refractivity contribution in [3.63, 3.8) is 0 Å². The molecule has 0 fully saturated rings. The van der Waals surface area contributed by atoms with E-state index in [1.54, 1.807) is 0 Å². The fourth-order valence-corrected chi connectivity index (χ4v) is 1.50. The van der Waals surface area contributed by atoms with Crippen molar-refractivity contribution in [1.82, 2.24) is 5.32 Å². The quantitative estimate of drug-likeness (QED) is 0.848. The Labute approximate surface area is 119 Å². The van der Waals surface area contributed by atoms with Crippen molar-refractivity contribution < 1.29 is 28.2 Å². The maximum atomic E-state index is 12.7. The van der Waals surface area contributed by atoms with Gasteiger partial charge >= 0.3 is 5.97 Å². The first kappa shape index (κ1) is 14.6. The number of benzene rings is 1. The Morgan fingerprint density at radius 3 is 2.52 bits per heavy atom. The van der Waals surface area contributed by atoms with Crippen molar-refractivity contribution in [2.45, 2.75) is 6.54 Å². The number of carboxylic acids is 1. The Kier molecular flexibility index (Phi) is 4.55. The first-order chi connectivity index (χ1) is 10.0. The molecule has 0 spiro atoms. The van der Waals surface area contributed by atoms with E-state index in [-0.39, 0.29) is 24.7 Å². The van der Waals surface area contributed by atoms with Gasteiger partial charge in [0.05, 0.1) is 6.54 Å². The number of halogens is 1. The lowest BCUT2D eigenvalue weighted by Crippen LogP contribution is -2.28. The molecule has 2 N–H and O–H groups in total. The third kappa shape index (κ3) is 4.34. The molecule has 0 unspecified atom stereocenters. The van der Waals surface area contributed by atoms with Crippen molar-refractivity contribution in [2.24, 2.45) is 0 Å². The van der Waals surface area contributed by atoms with Gasteiger partial charge in [-0.05, 0) is 36.4 Å². The van der Waals surface area contributed by atoms with E-state index in [1.807, 2.05) is 0 Å². The van der Waals surface area contributed by atoms with Gasteiger partial charge < -0.3 is 19.6 Å². The minimum absolute atomic E-state index is 0.0545. The molecule has 0 aliphatic heterocycles. The topological polar surface area (TPSA) is 88.8 Å².